The third-order valence-electron chi connectivity index (χ3n) is 3.13. The minimum atomic E-state index is -0.845. The molecule has 1 saturated heterocycles. The number of hydrogen-bond donors (Lipinski definition) is 1. The minimum Gasteiger partial charge on any atom is -0.378 e. The van der Waals surface area contributed by atoms with Crippen LogP contribution in [0.5, 0.6) is 0 Å². The van der Waals surface area contributed by atoms with E-state index in [1.165, 1.54) is 0 Å². The van der Waals surface area contributed by atoms with Gasteiger partial charge in [0.05, 0.1) is 18.9 Å². The molecule has 0 bridgehead atoms. The Bertz CT molecular complexity index is 531. The molecule has 2 amide bonds. The number of rotatable bonds is 4. The zero-order valence-electron chi connectivity index (χ0n) is 11.4. The molecule has 114 valence electrons. The summed E-state index contributed by atoms with van der Waals surface area (Å²) in [6, 6.07) is 2.89. The molecule has 1 fully saturated rings. The first-order valence-electron chi connectivity index (χ1n) is 6.66. The van der Waals surface area contributed by atoms with E-state index in [9.17, 15) is 18.4 Å². The molecule has 0 radical (unpaired) electrons. The number of anilines is 1. The Labute approximate surface area is 120 Å². The molecular weight excluding hydrogens is 282 g/mol. The van der Waals surface area contributed by atoms with Crippen LogP contribution in [0, 0.1) is 11.6 Å². The van der Waals surface area contributed by atoms with Crippen LogP contribution in [0.3, 0.4) is 0 Å². The van der Waals surface area contributed by atoms with Crippen LogP contribution in [0.1, 0.15) is 12.8 Å². The average molecular weight is 298 g/mol. The fraction of sp³-hybridized carbons (Fsp3) is 0.429. The summed E-state index contributed by atoms with van der Waals surface area (Å²) in [5.74, 6) is -2.18. The number of morpholine rings is 1. The highest BCUT2D eigenvalue weighted by atomic mass is 19.1. The van der Waals surface area contributed by atoms with Crippen LogP contribution in [0.15, 0.2) is 18.2 Å². The van der Waals surface area contributed by atoms with Crippen molar-refractivity contribution in [1.82, 2.24) is 4.90 Å². The second kappa shape index (κ2) is 7.12. The van der Waals surface area contributed by atoms with E-state index in [4.69, 9.17) is 4.74 Å². The van der Waals surface area contributed by atoms with E-state index in [-0.39, 0.29) is 24.4 Å². The molecular formula is C14H16F2N2O3. The molecule has 7 heteroatoms. The number of nitrogens with one attached hydrogen (secondary N) is 1. The van der Waals surface area contributed by atoms with Gasteiger partial charge in [0.1, 0.15) is 11.6 Å². The lowest BCUT2D eigenvalue weighted by atomic mass is 10.2. The fourth-order valence-corrected chi connectivity index (χ4v) is 1.99. The van der Waals surface area contributed by atoms with E-state index in [0.717, 1.165) is 12.1 Å². The summed E-state index contributed by atoms with van der Waals surface area (Å²) in [5, 5.41) is 2.32. The van der Waals surface area contributed by atoms with E-state index in [1.54, 1.807) is 4.90 Å². The Kier molecular flexibility index (Phi) is 5.21. The van der Waals surface area contributed by atoms with Crippen molar-refractivity contribution in [3.05, 3.63) is 29.8 Å². The van der Waals surface area contributed by atoms with Gasteiger partial charge in [-0.2, -0.15) is 0 Å². The van der Waals surface area contributed by atoms with Crippen LogP contribution in [0.4, 0.5) is 14.5 Å². The predicted octanol–water partition coefficient (Wildman–Crippen LogP) is 1.54. The first kappa shape index (κ1) is 15.4. The van der Waals surface area contributed by atoms with Crippen molar-refractivity contribution in [2.75, 3.05) is 31.6 Å². The lowest BCUT2D eigenvalue weighted by molar-refractivity contribution is -0.136. The lowest BCUT2D eigenvalue weighted by Crippen LogP contribution is -2.40. The summed E-state index contributed by atoms with van der Waals surface area (Å²) in [6.45, 7) is 2.04. The average Bonchev–Trinajstić information content (AvgIpc) is 2.48. The van der Waals surface area contributed by atoms with Gasteiger partial charge in [0.15, 0.2) is 0 Å². The summed E-state index contributed by atoms with van der Waals surface area (Å²) in [7, 11) is 0. The van der Waals surface area contributed by atoms with Crippen LogP contribution in [0.2, 0.25) is 0 Å². The van der Waals surface area contributed by atoms with Gasteiger partial charge in [-0.1, -0.05) is 0 Å². The smallest absolute Gasteiger partial charge is 0.224 e. The van der Waals surface area contributed by atoms with E-state index < -0.39 is 17.5 Å². The molecule has 2 rings (SSSR count). The Morgan fingerprint density at radius 2 is 1.90 bits per heavy atom. The molecule has 1 aromatic rings. The second-order valence-corrected chi connectivity index (χ2v) is 4.67. The molecule has 21 heavy (non-hydrogen) atoms. The highest BCUT2D eigenvalue weighted by Gasteiger charge is 2.18. The molecule has 1 heterocycles. The van der Waals surface area contributed by atoms with Gasteiger partial charge in [0, 0.05) is 32.0 Å². The number of halogens is 2. The van der Waals surface area contributed by atoms with Crippen molar-refractivity contribution in [1.29, 1.82) is 0 Å². The number of amides is 2. The zero-order chi connectivity index (χ0) is 15.2. The van der Waals surface area contributed by atoms with E-state index >= 15 is 0 Å². The second-order valence-electron chi connectivity index (χ2n) is 4.67. The monoisotopic (exact) mass is 298 g/mol. The summed E-state index contributed by atoms with van der Waals surface area (Å²) < 4.78 is 31.2. The SMILES string of the molecule is O=C(CCC(=O)N1CCOCC1)Nc1ccc(F)cc1F. The Hall–Kier alpha value is -2.02. The fourth-order valence-electron chi connectivity index (χ4n) is 1.99. The first-order chi connectivity index (χ1) is 10.1. The Morgan fingerprint density at radius 1 is 1.19 bits per heavy atom. The normalized spacial score (nSPS) is 14.9. The molecule has 1 N–H and O–H groups in total. The van der Waals surface area contributed by atoms with Gasteiger partial charge in [0.25, 0.3) is 0 Å². The summed E-state index contributed by atoms with van der Waals surface area (Å²) in [5.41, 5.74) is -0.0970. The van der Waals surface area contributed by atoms with E-state index in [1.807, 2.05) is 0 Å². The van der Waals surface area contributed by atoms with Crippen LogP contribution < -0.4 is 5.32 Å². The van der Waals surface area contributed by atoms with Crippen molar-refractivity contribution >= 4 is 17.5 Å². The molecule has 1 aliphatic heterocycles. The molecule has 0 aromatic heterocycles. The highest BCUT2D eigenvalue weighted by molar-refractivity contribution is 5.93. The molecule has 1 aliphatic rings. The van der Waals surface area contributed by atoms with Gasteiger partial charge >= 0.3 is 0 Å². The predicted molar refractivity (Wildman–Crippen MR) is 71.6 cm³/mol. The molecule has 0 atom stereocenters. The van der Waals surface area contributed by atoms with Crippen molar-refractivity contribution in [3.63, 3.8) is 0 Å². The first-order valence-corrected chi connectivity index (χ1v) is 6.66. The van der Waals surface area contributed by atoms with Crippen LogP contribution in [-0.2, 0) is 14.3 Å². The third kappa shape index (κ3) is 4.49. The number of benzene rings is 1. The van der Waals surface area contributed by atoms with Crippen molar-refractivity contribution in [2.24, 2.45) is 0 Å². The zero-order valence-corrected chi connectivity index (χ0v) is 11.4. The van der Waals surface area contributed by atoms with Crippen molar-refractivity contribution < 1.29 is 23.1 Å². The molecule has 0 unspecified atom stereocenters. The van der Waals surface area contributed by atoms with Gasteiger partial charge in [-0.15, -0.1) is 0 Å². The Morgan fingerprint density at radius 3 is 2.57 bits per heavy atom. The maximum atomic E-state index is 13.4. The largest absolute Gasteiger partial charge is 0.378 e. The maximum Gasteiger partial charge on any atom is 0.224 e. The van der Waals surface area contributed by atoms with E-state index in [0.29, 0.717) is 32.4 Å². The molecule has 0 saturated carbocycles. The molecule has 1 aromatic carbocycles. The van der Waals surface area contributed by atoms with Gasteiger partial charge < -0.3 is 15.0 Å². The van der Waals surface area contributed by atoms with Crippen molar-refractivity contribution in [3.8, 4) is 0 Å². The summed E-state index contributed by atoms with van der Waals surface area (Å²) >= 11 is 0. The number of nitrogens with zero attached hydrogens (tertiary/aromatic N) is 1. The van der Waals surface area contributed by atoms with E-state index in [2.05, 4.69) is 5.32 Å². The lowest BCUT2D eigenvalue weighted by Gasteiger charge is -2.26. The number of hydrogen-bond acceptors (Lipinski definition) is 3. The third-order valence-corrected chi connectivity index (χ3v) is 3.13. The van der Waals surface area contributed by atoms with Gasteiger partial charge in [-0.3, -0.25) is 9.59 Å². The van der Waals surface area contributed by atoms with Crippen LogP contribution in [0.25, 0.3) is 0 Å². The van der Waals surface area contributed by atoms with Crippen LogP contribution >= 0.6 is 0 Å². The molecule has 0 spiro atoms. The van der Waals surface area contributed by atoms with Gasteiger partial charge in [0.2, 0.25) is 11.8 Å². The maximum absolute atomic E-state index is 13.4. The van der Waals surface area contributed by atoms with Crippen LogP contribution in [-0.4, -0.2) is 43.0 Å². The van der Waals surface area contributed by atoms with Gasteiger partial charge in [-0.05, 0) is 12.1 Å². The highest BCUT2D eigenvalue weighted by Crippen LogP contribution is 2.15. The molecule has 5 nitrogen and oxygen atoms in total. The molecule has 0 aliphatic carbocycles. The summed E-state index contributed by atoms with van der Waals surface area (Å²) in [4.78, 5) is 25.1. The number of carbonyl (C=O) groups is 2. The topological polar surface area (TPSA) is 58.6 Å². The minimum absolute atomic E-state index is 0.0486. The van der Waals surface area contributed by atoms with Crippen molar-refractivity contribution in [2.45, 2.75) is 12.8 Å². The standard InChI is InChI=1S/C14H16F2N2O3/c15-10-1-2-12(11(16)9-10)17-13(19)3-4-14(20)18-5-7-21-8-6-18/h1-2,9H,3-8H2,(H,17,19). The number of ether oxygens (including phenoxy) is 1. The Balaban J connectivity index is 1.80. The quantitative estimate of drug-likeness (QED) is 0.917. The summed E-state index contributed by atoms with van der Waals surface area (Å²) in [6.07, 6.45) is 0.00164. The van der Waals surface area contributed by atoms with Gasteiger partial charge in [-0.25, -0.2) is 8.78 Å². The number of carbonyl (C=O) groups excluding carboxylic acids is 2.